The number of urea groups is 1. The van der Waals surface area contributed by atoms with Crippen LogP contribution in [0.5, 0.6) is 0 Å². The zero-order valence-corrected chi connectivity index (χ0v) is 9.26. The predicted octanol–water partition coefficient (Wildman–Crippen LogP) is -0.260. The first-order valence-electron chi connectivity index (χ1n) is 5.00. The second-order valence-electron chi connectivity index (χ2n) is 3.93. The second-order valence-corrected chi connectivity index (χ2v) is 3.93. The minimum atomic E-state index is -0.481. The quantitative estimate of drug-likeness (QED) is 0.690. The van der Waals surface area contributed by atoms with Crippen molar-refractivity contribution >= 4 is 24.2 Å². The van der Waals surface area contributed by atoms with E-state index >= 15 is 0 Å². The third kappa shape index (κ3) is 2.60. The molecule has 1 heterocycles. The molecule has 0 radical (unpaired) electrons. The van der Waals surface area contributed by atoms with E-state index in [0.29, 0.717) is 13.1 Å². The van der Waals surface area contributed by atoms with Crippen molar-refractivity contribution in [2.45, 2.75) is 18.9 Å². The Balaban J connectivity index is 0.00000112. The third-order valence-electron chi connectivity index (χ3n) is 2.83. The van der Waals surface area contributed by atoms with Crippen molar-refractivity contribution in [3.63, 3.8) is 0 Å². The van der Waals surface area contributed by atoms with E-state index in [1.165, 1.54) is 4.90 Å². The normalized spacial score (nSPS) is 25.6. The number of ketones is 1. The lowest BCUT2D eigenvalue weighted by atomic mass is 10.1. The van der Waals surface area contributed by atoms with Gasteiger partial charge in [-0.2, -0.15) is 0 Å². The molecule has 1 saturated carbocycles. The molecule has 2 amide bonds. The minimum absolute atomic E-state index is 0. The molecule has 0 aromatic rings. The highest BCUT2D eigenvalue weighted by atomic mass is 35.5. The van der Waals surface area contributed by atoms with Crippen LogP contribution in [0.15, 0.2) is 0 Å². The molecule has 2 aliphatic rings. The molecule has 15 heavy (non-hydrogen) atoms. The van der Waals surface area contributed by atoms with E-state index in [-0.39, 0.29) is 30.2 Å². The van der Waals surface area contributed by atoms with Gasteiger partial charge in [-0.15, -0.1) is 12.4 Å². The number of nitrogens with one attached hydrogen (secondary N) is 1. The first-order chi connectivity index (χ1) is 6.70. The Hall–Kier alpha value is -0.810. The average molecular weight is 234 g/mol. The molecule has 5 nitrogen and oxygen atoms in total. The minimum Gasteiger partial charge on any atom is -0.351 e. The van der Waals surface area contributed by atoms with E-state index in [1.54, 1.807) is 0 Å². The van der Waals surface area contributed by atoms with Crippen molar-refractivity contribution in [2.75, 3.05) is 19.6 Å². The largest absolute Gasteiger partial charge is 0.351 e. The Morgan fingerprint density at radius 3 is 2.53 bits per heavy atom. The topological polar surface area (TPSA) is 75.4 Å². The Morgan fingerprint density at radius 1 is 1.33 bits per heavy atom. The smallest absolute Gasteiger partial charge is 0.315 e. The number of hydrogen-bond donors (Lipinski definition) is 2. The van der Waals surface area contributed by atoms with Crippen molar-refractivity contribution in [2.24, 2.45) is 11.7 Å². The molecule has 1 saturated heterocycles. The van der Waals surface area contributed by atoms with Gasteiger partial charge in [-0.05, 0) is 12.8 Å². The highest BCUT2D eigenvalue weighted by Gasteiger charge is 2.39. The van der Waals surface area contributed by atoms with E-state index in [9.17, 15) is 9.59 Å². The van der Waals surface area contributed by atoms with Crippen LogP contribution in [0.25, 0.3) is 0 Å². The SMILES string of the molecule is Cl.NC(=O)N1CCNCC1C(=O)C1CC1. The van der Waals surface area contributed by atoms with Crippen LogP contribution in [0.3, 0.4) is 0 Å². The maximum atomic E-state index is 11.8. The van der Waals surface area contributed by atoms with Gasteiger partial charge >= 0.3 is 6.03 Å². The molecule has 6 heteroatoms. The summed E-state index contributed by atoms with van der Waals surface area (Å²) in [6.07, 6.45) is 1.95. The Bertz CT molecular complexity index is 268. The molecule has 2 rings (SSSR count). The van der Waals surface area contributed by atoms with Gasteiger partial charge in [0.2, 0.25) is 0 Å². The number of hydrogen-bond acceptors (Lipinski definition) is 3. The van der Waals surface area contributed by atoms with Crippen molar-refractivity contribution in [3.8, 4) is 0 Å². The van der Waals surface area contributed by atoms with Crippen LogP contribution in [0.4, 0.5) is 4.79 Å². The summed E-state index contributed by atoms with van der Waals surface area (Å²) < 4.78 is 0. The molecule has 0 aromatic heterocycles. The fourth-order valence-corrected chi connectivity index (χ4v) is 1.86. The summed E-state index contributed by atoms with van der Waals surface area (Å²) in [6, 6.07) is -0.806. The fraction of sp³-hybridized carbons (Fsp3) is 0.778. The molecular weight excluding hydrogens is 218 g/mol. The maximum absolute atomic E-state index is 11.8. The molecular formula is C9H16ClN3O2. The molecule has 1 atom stereocenters. The fourth-order valence-electron chi connectivity index (χ4n) is 1.86. The number of nitrogens with two attached hydrogens (primary N) is 1. The Kier molecular flexibility index (Phi) is 3.93. The van der Waals surface area contributed by atoms with E-state index < -0.39 is 6.03 Å². The lowest BCUT2D eigenvalue weighted by Gasteiger charge is -2.33. The lowest BCUT2D eigenvalue weighted by molar-refractivity contribution is -0.125. The van der Waals surface area contributed by atoms with Crippen LogP contribution >= 0.6 is 12.4 Å². The van der Waals surface area contributed by atoms with Crippen LogP contribution in [0.1, 0.15) is 12.8 Å². The van der Waals surface area contributed by atoms with Gasteiger partial charge in [0, 0.05) is 25.6 Å². The summed E-state index contributed by atoms with van der Waals surface area (Å²) in [4.78, 5) is 24.3. The predicted molar refractivity (Wildman–Crippen MR) is 57.9 cm³/mol. The first-order valence-corrected chi connectivity index (χ1v) is 5.00. The summed E-state index contributed by atoms with van der Waals surface area (Å²) in [5, 5.41) is 3.11. The second kappa shape index (κ2) is 4.81. The Labute approximate surface area is 94.8 Å². The molecule has 3 N–H and O–H groups in total. The number of rotatable bonds is 2. The van der Waals surface area contributed by atoms with Crippen molar-refractivity contribution in [3.05, 3.63) is 0 Å². The highest BCUT2D eigenvalue weighted by molar-refractivity contribution is 5.91. The van der Waals surface area contributed by atoms with Gasteiger partial charge in [0.25, 0.3) is 0 Å². The molecule has 1 unspecified atom stereocenters. The summed E-state index contributed by atoms with van der Waals surface area (Å²) in [6.45, 7) is 1.81. The number of piperazine rings is 1. The summed E-state index contributed by atoms with van der Waals surface area (Å²) in [5.41, 5.74) is 5.22. The number of Topliss-reactive ketones (excluding diaryl/α,β-unsaturated/α-hetero) is 1. The first kappa shape index (κ1) is 12.3. The number of primary amides is 1. The average Bonchev–Trinajstić information content (AvgIpc) is 3.00. The van der Waals surface area contributed by atoms with Crippen molar-refractivity contribution in [1.29, 1.82) is 0 Å². The lowest BCUT2D eigenvalue weighted by Crippen LogP contribution is -2.58. The van der Waals surface area contributed by atoms with E-state index in [2.05, 4.69) is 5.32 Å². The zero-order valence-electron chi connectivity index (χ0n) is 8.44. The molecule has 0 spiro atoms. The summed E-state index contributed by atoms with van der Waals surface area (Å²) >= 11 is 0. The molecule has 1 aliphatic heterocycles. The van der Waals surface area contributed by atoms with E-state index in [1.807, 2.05) is 0 Å². The zero-order chi connectivity index (χ0) is 10.1. The maximum Gasteiger partial charge on any atom is 0.315 e. The standard InChI is InChI=1S/C9H15N3O2.ClH/c10-9(14)12-4-3-11-5-7(12)8(13)6-1-2-6;/h6-7,11H,1-5H2,(H2,10,14);1H. The van der Waals surface area contributed by atoms with Crippen LogP contribution in [-0.4, -0.2) is 42.4 Å². The molecule has 2 fully saturated rings. The highest BCUT2D eigenvalue weighted by Crippen LogP contribution is 2.32. The number of halogens is 1. The number of amides is 2. The van der Waals surface area contributed by atoms with Gasteiger partial charge < -0.3 is 16.0 Å². The molecule has 0 bridgehead atoms. The van der Waals surface area contributed by atoms with Crippen LogP contribution in [0, 0.1) is 5.92 Å². The monoisotopic (exact) mass is 233 g/mol. The number of nitrogens with zero attached hydrogens (tertiary/aromatic N) is 1. The van der Waals surface area contributed by atoms with Crippen molar-refractivity contribution in [1.82, 2.24) is 10.2 Å². The van der Waals surface area contributed by atoms with Gasteiger partial charge in [0.15, 0.2) is 5.78 Å². The van der Waals surface area contributed by atoms with Gasteiger partial charge in [-0.1, -0.05) is 0 Å². The van der Waals surface area contributed by atoms with Crippen LogP contribution in [-0.2, 0) is 4.79 Å². The Morgan fingerprint density at radius 2 is 2.00 bits per heavy atom. The summed E-state index contributed by atoms with van der Waals surface area (Å²) in [7, 11) is 0. The number of carbonyl (C=O) groups excluding carboxylic acids is 2. The van der Waals surface area contributed by atoms with Gasteiger partial charge in [0.05, 0.1) is 0 Å². The number of carbonyl (C=O) groups is 2. The molecule has 0 aromatic carbocycles. The molecule has 86 valence electrons. The van der Waals surface area contributed by atoms with Gasteiger partial charge in [-0.25, -0.2) is 4.79 Å². The van der Waals surface area contributed by atoms with E-state index in [4.69, 9.17) is 5.73 Å². The molecule has 1 aliphatic carbocycles. The van der Waals surface area contributed by atoms with Crippen LogP contribution in [0.2, 0.25) is 0 Å². The van der Waals surface area contributed by atoms with Gasteiger partial charge in [0.1, 0.15) is 6.04 Å². The van der Waals surface area contributed by atoms with Gasteiger partial charge in [-0.3, -0.25) is 4.79 Å². The summed E-state index contributed by atoms with van der Waals surface area (Å²) in [5.74, 6) is 0.359. The van der Waals surface area contributed by atoms with Crippen LogP contribution < -0.4 is 11.1 Å². The van der Waals surface area contributed by atoms with Crippen molar-refractivity contribution < 1.29 is 9.59 Å². The third-order valence-corrected chi connectivity index (χ3v) is 2.83. The van der Waals surface area contributed by atoms with E-state index in [0.717, 1.165) is 19.4 Å².